The number of oxazole rings is 1. The Morgan fingerprint density at radius 1 is 1.47 bits per heavy atom. The van der Waals surface area contributed by atoms with Crippen molar-refractivity contribution in [3.05, 3.63) is 29.0 Å². The molecule has 7 heteroatoms. The van der Waals surface area contributed by atoms with Gasteiger partial charge in [-0.25, -0.2) is 13.4 Å². The normalized spacial score (nSPS) is 12.2. The van der Waals surface area contributed by atoms with E-state index in [9.17, 15) is 8.42 Å². The van der Waals surface area contributed by atoms with E-state index in [-0.39, 0.29) is 6.54 Å². The van der Waals surface area contributed by atoms with Crippen LogP contribution in [0.5, 0.6) is 0 Å². The maximum Gasteiger partial charge on any atom is 0.236 e. The summed E-state index contributed by atoms with van der Waals surface area (Å²) < 4.78 is 30.1. The lowest BCUT2D eigenvalue weighted by Crippen LogP contribution is -2.29. The number of sulfonamides is 1. The SMILES string of the molecule is CCN(Cc1nc(-c2cccs2)oc1C)S(C)(=O)=O. The van der Waals surface area contributed by atoms with Gasteiger partial charge in [0.2, 0.25) is 15.9 Å². The third-order valence-electron chi connectivity index (χ3n) is 2.77. The number of hydrogen-bond donors (Lipinski definition) is 0. The van der Waals surface area contributed by atoms with Crippen molar-refractivity contribution >= 4 is 21.4 Å². The highest BCUT2D eigenvalue weighted by Crippen LogP contribution is 2.26. The van der Waals surface area contributed by atoms with Gasteiger partial charge in [0.25, 0.3) is 0 Å². The molecule has 2 aromatic heterocycles. The minimum Gasteiger partial charge on any atom is -0.440 e. The smallest absolute Gasteiger partial charge is 0.236 e. The molecule has 0 atom stereocenters. The average molecular weight is 300 g/mol. The summed E-state index contributed by atoms with van der Waals surface area (Å²) in [4.78, 5) is 5.33. The van der Waals surface area contributed by atoms with Crippen LogP contribution in [-0.4, -0.2) is 30.5 Å². The fraction of sp³-hybridized carbons (Fsp3) is 0.417. The van der Waals surface area contributed by atoms with Crippen molar-refractivity contribution in [1.82, 2.24) is 9.29 Å². The number of aromatic nitrogens is 1. The molecule has 5 nitrogen and oxygen atoms in total. The van der Waals surface area contributed by atoms with Gasteiger partial charge in [-0.15, -0.1) is 11.3 Å². The summed E-state index contributed by atoms with van der Waals surface area (Å²) in [5, 5.41) is 1.95. The largest absolute Gasteiger partial charge is 0.440 e. The first kappa shape index (κ1) is 14.2. The Morgan fingerprint density at radius 2 is 2.21 bits per heavy atom. The predicted molar refractivity (Wildman–Crippen MR) is 75.5 cm³/mol. The summed E-state index contributed by atoms with van der Waals surface area (Å²) in [7, 11) is -3.22. The van der Waals surface area contributed by atoms with Crippen LogP contribution < -0.4 is 0 Å². The Bertz CT molecular complexity index is 645. The van der Waals surface area contributed by atoms with E-state index in [0.717, 1.165) is 4.88 Å². The van der Waals surface area contributed by atoms with Crippen LogP contribution in [-0.2, 0) is 16.6 Å². The second-order valence-corrected chi connectivity index (χ2v) is 7.12. The molecule has 19 heavy (non-hydrogen) atoms. The molecule has 0 radical (unpaired) electrons. The minimum absolute atomic E-state index is 0.246. The highest BCUT2D eigenvalue weighted by Gasteiger charge is 2.19. The van der Waals surface area contributed by atoms with Crippen LogP contribution in [0.2, 0.25) is 0 Å². The molecule has 2 heterocycles. The Labute approximate surface area is 116 Å². The molecule has 0 bridgehead atoms. The molecule has 0 fully saturated rings. The van der Waals surface area contributed by atoms with Crippen molar-refractivity contribution in [3.8, 4) is 10.8 Å². The first-order chi connectivity index (χ1) is 8.91. The zero-order chi connectivity index (χ0) is 14.0. The molecule has 0 aliphatic rings. The number of thiophene rings is 1. The van der Waals surface area contributed by atoms with Crippen molar-refractivity contribution in [3.63, 3.8) is 0 Å². The molecule has 2 rings (SSSR count). The lowest BCUT2D eigenvalue weighted by atomic mass is 10.3. The van der Waals surface area contributed by atoms with Gasteiger partial charge in [0, 0.05) is 6.54 Å². The molecule has 0 aromatic carbocycles. The zero-order valence-electron chi connectivity index (χ0n) is 11.1. The van der Waals surface area contributed by atoms with Crippen molar-refractivity contribution in [2.75, 3.05) is 12.8 Å². The lowest BCUT2D eigenvalue weighted by Gasteiger charge is -2.16. The fourth-order valence-corrected chi connectivity index (χ4v) is 3.19. The molecule has 104 valence electrons. The Morgan fingerprint density at radius 3 is 2.74 bits per heavy atom. The van der Waals surface area contributed by atoms with E-state index >= 15 is 0 Å². The summed E-state index contributed by atoms with van der Waals surface area (Å²) in [6, 6.07) is 3.85. The third kappa shape index (κ3) is 3.23. The summed E-state index contributed by atoms with van der Waals surface area (Å²) >= 11 is 1.54. The van der Waals surface area contributed by atoms with Gasteiger partial charge in [0.05, 0.1) is 23.4 Å². The van der Waals surface area contributed by atoms with Crippen LogP contribution in [0.15, 0.2) is 21.9 Å². The predicted octanol–water partition coefficient (Wildman–Crippen LogP) is 2.49. The molecule has 0 saturated heterocycles. The van der Waals surface area contributed by atoms with Crippen LogP contribution >= 0.6 is 11.3 Å². The van der Waals surface area contributed by atoms with E-state index in [1.807, 2.05) is 17.5 Å². The lowest BCUT2D eigenvalue weighted by molar-refractivity contribution is 0.420. The summed E-state index contributed by atoms with van der Waals surface area (Å²) in [5.74, 6) is 1.21. The molecular formula is C12H16N2O3S2. The molecule has 0 amide bonds. The first-order valence-corrected chi connectivity index (χ1v) is 8.60. The standard InChI is InChI=1S/C12H16N2O3S2/c1-4-14(19(3,15)16)8-10-9(2)17-12(13-10)11-6-5-7-18-11/h5-7H,4,8H2,1-3H3. The maximum atomic E-state index is 11.6. The topological polar surface area (TPSA) is 63.4 Å². The number of rotatable bonds is 5. The van der Waals surface area contributed by atoms with Gasteiger partial charge in [-0.2, -0.15) is 4.31 Å². The average Bonchev–Trinajstić information content (AvgIpc) is 2.93. The molecule has 0 aliphatic heterocycles. The van der Waals surface area contributed by atoms with E-state index in [0.29, 0.717) is 23.9 Å². The van der Waals surface area contributed by atoms with E-state index in [1.54, 1.807) is 25.2 Å². The Kier molecular flexibility index (Phi) is 4.07. The van der Waals surface area contributed by atoms with Crippen LogP contribution in [0.1, 0.15) is 18.4 Å². The number of nitrogens with zero attached hydrogens (tertiary/aromatic N) is 2. The van der Waals surface area contributed by atoms with Gasteiger partial charge >= 0.3 is 0 Å². The second-order valence-electron chi connectivity index (χ2n) is 4.19. The summed E-state index contributed by atoms with van der Waals surface area (Å²) in [6.45, 7) is 4.27. The molecule has 0 saturated carbocycles. The van der Waals surface area contributed by atoms with E-state index in [2.05, 4.69) is 4.98 Å². The monoisotopic (exact) mass is 300 g/mol. The summed E-state index contributed by atoms with van der Waals surface area (Å²) in [5.41, 5.74) is 0.663. The van der Waals surface area contributed by atoms with Gasteiger partial charge in [-0.1, -0.05) is 13.0 Å². The number of aryl methyl sites for hydroxylation is 1. The number of hydrogen-bond acceptors (Lipinski definition) is 5. The van der Waals surface area contributed by atoms with Crippen LogP contribution in [0, 0.1) is 6.92 Å². The van der Waals surface area contributed by atoms with Crippen LogP contribution in [0.4, 0.5) is 0 Å². The van der Waals surface area contributed by atoms with E-state index in [4.69, 9.17) is 4.42 Å². The first-order valence-electron chi connectivity index (χ1n) is 5.87. The fourth-order valence-electron chi connectivity index (χ4n) is 1.71. The molecule has 0 unspecified atom stereocenters. The van der Waals surface area contributed by atoms with E-state index in [1.165, 1.54) is 10.6 Å². The molecule has 0 spiro atoms. The quantitative estimate of drug-likeness (QED) is 0.851. The van der Waals surface area contributed by atoms with Gasteiger partial charge < -0.3 is 4.42 Å². The van der Waals surface area contributed by atoms with Crippen molar-refractivity contribution in [2.24, 2.45) is 0 Å². The van der Waals surface area contributed by atoms with Gasteiger partial charge in [0.1, 0.15) is 5.76 Å². The van der Waals surface area contributed by atoms with Gasteiger partial charge in [-0.05, 0) is 18.4 Å². The highest BCUT2D eigenvalue weighted by molar-refractivity contribution is 7.88. The molecule has 2 aromatic rings. The Balaban J connectivity index is 2.27. The third-order valence-corrected chi connectivity index (χ3v) is 4.96. The summed E-state index contributed by atoms with van der Waals surface area (Å²) in [6.07, 6.45) is 1.20. The van der Waals surface area contributed by atoms with E-state index < -0.39 is 10.0 Å². The van der Waals surface area contributed by atoms with Crippen molar-refractivity contribution in [2.45, 2.75) is 20.4 Å². The van der Waals surface area contributed by atoms with Crippen LogP contribution in [0.3, 0.4) is 0 Å². The van der Waals surface area contributed by atoms with Crippen molar-refractivity contribution < 1.29 is 12.8 Å². The second kappa shape index (κ2) is 5.44. The van der Waals surface area contributed by atoms with Gasteiger partial charge in [-0.3, -0.25) is 0 Å². The van der Waals surface area contributed by atoms with Gasteiger partial charge in [0.15, 0.2) is 0 Å². The Hall–Kier alpha value is -1.18. The maximum absolute atomic E-state index is 11.6. The molecule has 0 N–H and O–H groups in total. The van der Waals surface area contributed by atoms with Crippen LogP contribution in [0.25, 0.3) is 10.8 Å². The van der Waals surface area contributed by atoms with Crippen molar-refractivity contribution in [1.29, 1.82) is 0 Å². The minimum atomic E-state index is -3.22. The molecular weight excluding hydrogens is 284 g/mol. The zero-order valence-corrected chi connectivity index (χ0v) is 12.7. The molecule has 0 aliphatic carbocycles. The highest BCUT2D eigenvalue weighted by atomic mass is 32.2.